The summed E-state index contributed by atoms with van der Waals surface area (Å²) in [5.41, 5.74) is -1.09. The summed E-state index contributed by atoms with van der Waals surface area (Å²) < 4.78 is 5.56. The van der Waals surface area contributed by atoms with Crippen molar-refractivity contribution in [3.63, 3.8) is 0 Å². The number of Topliss-reactive ketones (excluding diaryl/α,β-unsaturated/α-hetero) is 1. The first kappa shape index (κ1) is 19.3. The van der Waals surface area contributed by atoms with Crippen molar-refractivity contribution in [2.45, 2.75) is 57.7 Å². The number of ketones is 1. The minimum atomic E-state index is -1.53. The smallest absolute Gasteiger partial charge is 0.190 e. The summed E-state index contributed by atoms with van der Waals surface area (Å²) in [5, 5.41) is 31.9. The van der Waals surface area contributed by atoms with Gasteiger partial charge in [-0.3, -0.25) is 4.79 Å². The van der Waals surface area contributed by atoms with E-state index in [4.69, 9.17) is 4.74 Å². The highest BCUT2D eigenvalue weighted by atomic mass is 16.5. The lowest BCUT2D eigenvalue weighted by Gasteiger charge is -2.59. The van der Waals surface area contributed by atoms with Gasteiger partial charge < -0.3 is 20.1 Å². The Kier molecular flexibility index (Phi) is 4.66. The number of fused-ring (bicyclic) bond motifs is 5. The van der Waals surface area contributed by atoms with Gasteiger partial charge in [0.15, 0.2) is 5.78 Å². The predicted molar refractivity (Wildman–Crippen MR) is 101 cm³/mol. The average Bonchev–Trinajstić information content (AvgIpc) is 2.88. The molecule has 0 spiro atoms. The highest BCUT2D eigenvalue weighted by Gasteiger charge is 2.67. The molecule has 1 aliphatic heterocycles. The Hall–Kier alpha value is -1.01. The average molecular weight is 376 g/mol. The molecule has 3 fully saturated rings. The van der Waals surface area contributed by atoms with E-state index >= 15 is 0 Å². The third kappa shape index (κ3) is 2.55. The summed E-state index contributed by atoms with van der Waals surface area (Å²) in [6.07, 6.45) is 9.33. The van der Waals surface area contributed by atoms with Crippen LogP contribution in [0, 0.1) is 28.6 Å². The second-order valence-electron chi connectivity index (χ2n) is 9.46. The van der Waals surface area contributed by atoms with Crippen molar-refractivity contribution in [1.29, 1.82) is 0 Å². The molecule has 4 aliphatic rings. The largest absolute Gasteiger partial charge is 0.393 e. The summed E-state index contributed by atoms with van der Waals surface area (Å²) in [7, 11) is 0. The lowest BCUT2D eigenvalue weighted by molar-refractivity contribution is -0.178. The van der Waals surface area contributed by atoms with Gasteiger partial charge in [0.2, 0.25) is 0 Å². The number of aliphatic hydroxyl groups excluding tert-OH is 2. The zero-order chi connectivity index (χ0) is 19.4. The summed E-state index contributed by atoms with van der Waals surface area (Å²) in [6, 6.07) is 0. The van der Waals surface area contributed by atoms with Gasteiger partial charge in [-0.25, -0.2) is 0 Å². The van der Waals surface area contributed by atoms with Crippen molar-refractivity contribution >= 4 is 5.78 Å². The second kappa shape index (κ2) is 6.51. The molecule has 3 aliphatic carbocycles. The van der Waals surface area contributed by atoms with E-state index in [2.05, 4.69) is 25.2 Å². The molecule has 7 atom stereocenters. The van der Waals surface area contributed by atoms with E-state index in [1.54, 1.807) is 0 Å². The molecule has 0 radical (unpaired) electrons. The molecular weight excluding hydrogens is 344 g/mol. The Morgan fingerprint density at radius 3 is 2.81 bits per heavy atom. The minimum absolute atomic E-state index is 0.0801. The molecule has 0 saturated heterocycles. The van der Waals surface area contributed by atoms with Crippen LogP contribution in [-0.4, -0.2) is 52.6 Å². The Bertz CT molecular complexity index is 684. The maximum absolute atomic E-state index is 12.4. The standard InChI is InChI=1S/C22H32O5/c1-20-8-3-10-27-11-7-14(20)4-5-15-16-6-9-22(26,18(25)13-23)21(16,2)12-17(24)19(15)20/h3,7-8,15-17,19,23-24,26H,4-6,9-13H2,1-2H3/b8-3-,14-7-/t15-,16-,17-,19+,20-,21-,22-/m0/s1. The van der Waals surface area contributed by atoms with Crippen LogP contribution in [0.1, 0.15) is 46.0 Å². The number of aliphatic hydroxyl groups is 3. The SMILES string of the molecule is C[C@]12/C=C\COC/C=C\1CC[C@@H]1[C@@H]2[C@@H](O)C[C@@]2(C)[C@H]1CC[C@]2(O)C(=O)CO. The molecular formula is C22H32O5. The van der Waals surface area contributed by atoms with Crippen molar-refractivity contribution in [2.75, 3.05) is 19.8 Å². The molecule has 0 amide bonds. The number of carbonyl (C=O) groups is 1. The van der Waals surface area contributed by atoms with Crippen molar-refractivity contribution in [1.82, 2.24) is 0 Å². The highest BCUT2D eigenvalue weighted by molar-refractivity contribution is 5.89. The number of ether oxygens (including phenoxy) is 1. The van der Waals surface area contributed by atoms with Crippen molar-refractivity contribution in [3.8, 4) is 0 Å². The molecule has 3 N–H and O–H groups in total. The summed E-state index contributed by atoms with van der Waals surface area (Å²) in [4.78, 5) is 12.4. The highest BCUT2D eigenvalue weighted by Crippen LogP contribution is 2.66. The third-order valence-corrected chi connectivity index (χ3v) is 8.47. The lowest BCUT2D eigenvalue weighted by Crippen LogP contribution is -2.61. The lowest BCUT2D eigenvalue weighted by atomic mass is 9.46. The van der Waals surface area contributed by atoms with Crippen LogP contribution in [0.5, 0.6) is 0 Å². The Morgan fingerprint density at radius 2 is 2.07 bits per heavy atom. The topological polar surface area (TPSA) is 87.0 Å². The molecule has 5 heteroatoms. The van der Waals surface area contributed by atoms with E-state index in [0.717, 1.165) is 19.3 Å². The fourth-order valence-electron chi connectivity index (χ4n) is 7.13. The van der Waals surface area contributed by atoms with E-state index in [-0.39, 0.29) is 23.2 Å². The second-order valence-corrected chi connectivity index (χ2v) is 9.46. The van der Waals surface area contributed by atoms with Crippen LogP contribution in [0.4, 0.5) is 0 Å². The zero-order valence-corrected chi connectivity index (χ0v) is 16.4. The number of hydrogen-bond acceptors (Lipinski definition) is 5. The van der Waals surface area contributed by atoms with Gasteiger partial charge in [0.1, 0.15) is 12.2 Å². The van der Waals surface area contributed by atoms with Crippen molar-refractivity contribution < 1.29 is 24.9 Å². The Balaban J connectivity index is 1.74. The zero-order valence-electron chi connectivity index (χ0n) is 16.4. The molecule has 3 saturated carbocycles. The number of allylic oxidation sites excluding steroid dienone is 2. The van der Waals surface area contributed by atoms with Crippen LogP contribution in [0.2, 0.25) is 0 Å². The van der Waals surface area contributed by atoms with Crippen LogP contribution in [0.3, 0.4) is 0 Å². The molecule has 0 aromatic heterocycles. The van der Waals surface area contributed by atoms with Crippen molar-refractivity contribution in [2.24, 2.45) is 28.6 Å². The number of rotatable bonds is 2. The molecule has 27 heavy (non-hydrogen) atoms. The Morgan fingerprint density at radius 1 is 1.30 bits per heavy atom. The van der Waals surface area contributed by atoms with Gasteiger partial charge in [-0.1, -0.05) is 37.6 Å². The van der Waals surface area contributed by atoms with Gasteiger partial charge in [-0.15, -0.1) is 0 Å². The molecule has 4 rings (SSSR count). The molecule has 0 aromatic carbocycles. The van der Waals surface area contributed by atoms with Crippen LogP contribution in [0.15, 0.2) is 23.8 Å². The first-order valence-electron chi connectivity index (χ1n) is 10.3. The molecule has 0 unspecified atom stereocenters. The first-order chi connectivity index (χ1) is 12.8. The normalized spacial score (nSPS) is 52.4. The van der Waals surface area contributed by atoms with Crippen LogP contribution < -0.4 is 0 Å². The van der Waals surface area contributed by atoms with E-state index in [0.29, 0.717) is 26.1 Å². The fraction of sp³-hybridized carbons (Fsp3) is 0.773. The van der Waals surface area contributed by atoms with Crippen LogP contribution >= 0.6 is 0 Å². The van der Waals surface area contributed by atoms with E-state index in [1.807, 2.05) is 6.92 Å². The summed E-state index contributed by atoms with van der Waals surface area (Å²) >= 11 is 0. The van der Waals surface area contributed by atoms with Gasteiger partial charge >= 0.3 is 0 Å². The van der Waals surface area contributed by atoms with E-state index in [1.165, 1.54) is 5.57 Å². The van der Waals surface area contributed by atoms with Gasteiger partial charge in [-0.05, 0) is 43.9 Å². The minimum Gasteiger partial charge on any atom is -0.393 e. The molecule has 0 aromatic rings. The maximum atomic E-state index is 12.4. The maximum Gasteiger partial charge on any atom is 0.190 e. The van der Waals surface area contributed by atoms with Gasteiger partial charge in [0.05, 0.1) is 19.3 Å². The predicted octanol–water partition coefficient (Wildman–Crippen LogP) is 2.01. The monoisotopic (exact) mass is 376 g/mol. The van der Waals surface area contributed by atoms with Crippen LogP contribution in [0.25, 0.3) is 0 Å². The molecule has 150 valence electrons. The fourth-order valence-corrected chi connectivity index (χ4v) is 7.13. The third-order valence-electron chi connectivity index (χ3n) is 8.47. The van der Waals surface area contributed by atoms with Gasteiger partial charge in [0, 0.05) is 16.7 Å². The van der Waals surface area contributed by atoms with Crippen molar-refractivity contribution in [3.05, 3.63) is 23.8 Å². The molecule has 1 heterocycles. The van der Waals surface area contributed by atoms with E-state index < -0.39 is 29.5 Å². The van der Waals surface area contributed by atoms with Crippen LogP contribution in [-0.2, 0) is 9.53 Å². The van der Waals surface area contributed by atoms with Gasteiger partial charge in [-0.2, -0.15) is 0 Å². The molecule has 5 nitrogen and oxygen atoms in total. The van der Waals surface area contributed by atoms with E-state index in [9.17, 15) is 20.1 Å². The molecule has 0 bridgehead atoms. The van der Waals surface area contributed by atoms with Gasteiger partial charge in [0.25, 0.3) is 0 Å². The number of hydrogen-bond donors (Lipinski definition) is 3. The quantitative estimate of drug-likeness (QED) is 0.642. The first-order valence-corrected chi connectivity index (χ1v) is 10.3. The Labute approximate surface area is 161 Å². The summed E-state index contributed by atoms with van der Waals surface area (Å²) in [5.74, 6) is 0.0199. The summed E-state index contributed by atoms with van der Waals surface area (Å²) in [6.45, 7) is 4.72. The number of carbonyl (C=O) groups excluding carboxylic acids is 1.